The molecule has 0 spiro atoms. The molecule has 0 radical (unpaired) electrons. The Morgan fingerprint density at radius 1 is 1.25 bits per heavy atom. The maximum Gasteiger partial charge on any atom is 0.326 e. The summed E-state index contributed by atoms with van der Waals surface area (Å²) in [6.07, 6.45) is 3.06. The number of aromatic nitrogens is 1. The van der Waals surface area contributed by atoms with Crippen molar-refractivity contribution in [3.8, 4) is 0 Å². The van der Waals surface area contributed by atoms with E-state index in [4.69, 9.17) is 5.73 Å². The van der Waals surface area contributed by atoms with Crippen LogP contribution in [-0.2, 0) is 25.6 Å². The van der Waals surface area contributed by atoms with Gasteiger partial charge in [-0.1, -0.05) is 18.2 Å². The SMILES string of the molecule is NC(Cc1c[nH]c2ccccc12)C(=O)NC(CS)C(=O)NCC(=O)N1CCCC1C(=O)O. The van der Waals surface area contributed by atoms with Crippen molar-refractivity contribution < 1.29 is 24.3 Å². The number of likely N-dealkylation sites (tertiary alicyclic amines) is 1. The number of fused-ring (bicyclic) bond motifs is 1. The Bertz CT molecular complexity index is 1010. The first-order valence-electron chi connectivity index (χ1n) is 10.3. The van der Waals surface area contributed by atoms with Crippen molar-refractivity contribution in [2.45, 2.75) is 37.4 Å². The molecule has 1 fully saturated rings. The van der Waals surface area contributed by atoms with Crippen LogP contribution in [0.15, 0.2) is 30.5 Å². The lowest BCUT2D eigenvalue weighted by Crippen LogP contribution is -2.54. The van der Waals surface area contributed by atoms with E-state index in [1.165, 1.54) is 4.90 Å². The Kier molecular flexibility index (Phi) is 7.75. The highest BCUT2D eigenvalue weighted by Gasteiger charge is 2.34. The van der Waals surface area contributed by atoms with Crippen LogP contribution in [0.3, 0.4) is 0 Å². The van der Waals surface area contributed by atoms with Crippen molar-refractivity contribution in [2.75, 3.05) is 18.8 Å². The minimum Gasteiger partial charge on any atom is -0.480 e. The van der Waals surface area contributed by atoms with E-state index in [-0.39, 0.29) is 18.7 Å². The third-order valence-corrected chi connectivity index (χ3v) is 5.90. The van der Waals surface area contributed by atoms with Crippen LogP contribution in [0.5, 0.6) is 0 Å². The topological polar surface area (TPSA) is 158 Å². The normalized spacial score (nSPS) is 17.7. The number of nitrogens with two attached hydrogens (primary N) is 1. The lowest BCUT2D eigenvalue weighted by atomic mass is 10.0. The van der Waals surface area contributed by atoms with Gasteiger partial charge in [-0.15, -0.1) is 0 Å². The van der Waals surface area contributed by atoms with Crippen molar-refractivity contribution in [1.82, 2.24) is 20.5 Å². The van der Waals surface area contributed by atoms with E-state index in [0.717, 1.165) is 16.5 Å². The van der Waals surface area contributed by atoms with E-state index in [1.54, 1.807) is 6.20 Å². The molecule has 172 valence electrons. The Morgan fingerprint density at radius 2 is 2.00 bits per heavy atom. The average Bonchev–Trinajstić information content (AvgIpc) is 3.43. The van der Waals surface area contributed by atoms with Gasteiger partial charge in [0, 0.05) is 29.4 Å². The van der Waals surface area contributed by atoms with Gasteiger partial charge in [-0.05, 0) is 30.9 Å². The molecule has 1 saturated heterocycles. The molecule has 3 amide bonds. The van der Waals surface area contributed by atoms with Gasteiger partial charge in [0.15, 0.2) is 0 Å². The van der Waals surface area contributed by atoms with Crippen LogP contribution in [-0.4, -0.2) is 75.6 Å². The molecule has 11 heteroatoms. The van der Waals surface area contributed by atoms with Crippen LogP contribution >= 0.6 is 12.6 Å². The highest BCUT2D eigenvalue weighted by Crippen LogP contribution is 2.19. The molecule has 1 aliphatic heterocycles. The quantitative estimate of drug-likeness (QED) is 0.280. The maximum atomic E-state index is 12.5. The molecular formula is C21H27N5O5S. The highest BCUT2D eigenvalue weighted by atomic mass is 32.1. The molecule has 6 N–H and O–H groups in total. The lowest BCUT2D eigenvalue weighted by molar-refractivity contribution is -0.148. The van der Waals surface area contributed by atoms with Gasteiger partial charge in [0.1, 0.15) is 12.1 Å². The summed E-state index contributed by atoms with van der Waals surface area (Å²) in [4.78, 5) is 52.9. The first-order chi connectivity index (χ1) is 15.3. The van der Waals surface area contributed by atoms with E-state index < -0.39 is 41.8 Å². The number of amides is 3. The molecule has 3 rings (SSSR count). The van der Waals surface area contributed by atoms with Crippen LogP contribution in [0.2, 0.25) is 0 Å². The van der Waals surface area contributed by atoms with Crippen LogP contribution in [0.25, 0.3) is 10.9 Å². The molecule has 0 aliphatic carbocycles. The van der Waals surface area contributed by atoms with Gasteiger partial charge in [-0.25, -0.2) is 4.79 Å². The number of rotatable bonds is 9. The molecule has 32 heavy (non-hydrogen) atoms. The first-order valence-corrected chi connectivity index (χ1v) is 11.0. The summed E-state index contributed by atoms with van der Waals surface area (Å²) in [7, 11) is 0. The number of carboxylic acid groups (broad SMARTS) is 1. The monoisotopic (exact) mass is 461 g/mol. The zero-order valence-electron chi connectivity index (χ0n) is 17.4. The minimum absolute atomic E-state index is 0.00698. The van der Waals surface area contributed by atoms with E-state index in [2.05, 4.69) is 28.2 Å². The largest absolute Gasteiger partial charge is 0.480 e. The summed E-state index contributed by atoms with van der Waals surface area (Å²) in [6, 6.07) is 4.92. The Morgan fingerprint density at radius 3 is 2.72 bits per heavy atom. The number of aliphatic carboxylic acids is 1. The van der Waals surface area contributed by atoms with Crippen LogP contribution in [0, 0.1) is 0 Å². The molecule has 0 bridgehead atoms. The van der Waals surface area contributed by atoms with Crippen molar-refractivity contribution in [3.63, 3.8) is 0 Å². The summed E-state index contributed by atoms with van der Waals surface area (Å²) in [5, 5.41) is 15.2. The second-order valence-electron chi connectivity index (χ2n) is 7.72. The fourth-order valence-electron chi connectivity index (χ4n) is 3.81. The van der Waals surface area contributed by atoms with Gasteiger partial charge in [-0.3, -0.25) is 14.4 Å². The van der Waals surface area contributed by atoms with Crippen molar-refractivity contribution in [3.05, 3.63) is 36.0 Å². The smallest absolute Gasteiger partial charge is 0.326 e. The second kappa shape index (κ2) is 10.5. The Balaban J connectivity index is 1.52. The number of carbonyl (C=O) groups excluding carboxylic acids is 3. The minimum atomic E-state index is -1.06. The lowest BCUT2D eigenvalue weighted by Gasteiger charge is -2.23. The number of para-hydroxylation sites is 1. The molecule has 1 aliphatic rings. The molecule has 2 heterocycles. The molecule has 10 nitrogen and oxygen atoms in total. The number of thiol groups is 1. The predicted octanol–water partition coefficient (Wildman–Crippen LogP) is -0.356. The molecular weight excluding hydrogens is 434 g/mol. The number of carbonyl (C=O) groups is 4. The van der Waals surface area contributed by atoms with E-state index in [0.29, 0.717) is 19.4 Å². The van der Waals surface area contributed by atoms with Crippen molar-refractivity contribution in [1.29, 1.82) is 0 Å². The van der Waals surface area contributed by atoms with Gasteiger partial charge >= 0.3 is 5.97 Å². The van der Waals surface area contributed by atoms with Crippen molar-refractivity contribution in [2.24, 2.45) is 5.73 Å². The standard InChI is InChI=1S/C21H27N5O5S/c22-14(8-12-9-23-15-5-2-1-4-13(12)15)19(28)25-16(11-32)20(29)24-10-18(27)26-7-3-6-17(26)21(30)31/h1-2,4-5,9,14,16-17,23,32H,3,6-8,10-11,22H2,(H,24,29)(H,25,28)(H,30,31). The van der Waals surface area contributed by atoms with Gasteiger partial charge in [-0.2, -0.15) is 12.6 Å². The zero-order chi connectivity index (χ0) is 23.3. The summed E-state index contributed by atoms with van der Waals surface area (Å²) >= 11 is 4.11. The molecule has 1 aromatic heterocycles. The first kappa shape index (κ1) is 23.6. The number of H-pyrrole nitrogens is 1. The maximum absolute atomic E-state index is 12.5. The number of nitrogens with one attached hydrogen (secondary N) is 3. The predicted molar refractivity (Wildman–Crippen MR) is 121 cm³/mol. The number of aromatic amines is 1. The van der Waals surface area contributed by atoms with Crippen LogP contribution in [0.1, 0.15) is 18.4 Å². The average molecular weight is 462 g/mol. The molecule has 2 aromatic rings. The van der Waals surface area contributed by atoms with Crippen molar-refractivity contribution >= 4 is 47.2 Å². The molecule has 3 atom stereocenters. The summed E-state index contributed by atoms with van der Waals surface area (Å²) < 4.78 is 0. The van der Waals surface area contributed by atoms with Gasteiger partial charge < -0.3 is 31.4 Å². The van der Waals surface area contributed by atoms with Gasteiger partial charge in [0.2, 0.25) is 17.7 Å². The third-order valence-electron chi connectivity index (χ3n) is 5.54. The highest BCUT2D eigenvalue weighted by molar-refractivity contribution is 7.80. The van der Waals surface area contributed by atoms with E-state index >= 15 is 0 Å². The van der Waals surface area contributed by atoms with Crippen LogP contribution in [0.4, 0.5) is 0 Å². The number of hydrogen-bond acceptors (Lipinski definition) is 6. The van der Waals surface area contributed by atoms with E-state index in [1.807, 2.05) is 24.3 Å². The molecule has 1 aromatic carbocycles. The Hall–Kier alpha value is -3.05. The molecule has 3 unspecified atom stereocenters. The number of carboxylic acids is 1. The fourth-order valence-corrected chi connectivity index (χ4v) is 4.07. The number of hydrogen-bond donors (Lipinski definition) is 6. The van der Waals surface area contributed by atoms with Gasteiger partial charge in [0.05, 0.1) is 12.6 Å². The van der Waals surface area contributed by atoms with Crippen LogP contribution < -0.4 is 16.4 Å². The zero-order valence-corrected chi connectivity index (χ0v) is 18.3. The summed E-state index contributed by atoms with van der Waals surface area (Å²) in [6.45, 7) is -0.0226. The van der Waals surface area contributed by atoms with Gasteiger partial charge in [0.25, 0.3) is 0 Å². The molecule has 0 saturated carbocycles. The summed E-state index contributed by atoms with van der Waals surface area (Å²) in [5.74, 6) is -2.64. The third kappa shape index (κ3) is 5.40. The second-order valence-corrected chi connectivity index (χ2v) is 8.08. The number of nitrogens with zero attached hydrogens (tertiary/aromatic N) is 1. The number of benzene rings is 1. The Labute approximate surface area is 190 Å². The summed E-state index contributed by atoms with van der Waals surface area (Å²) in [5.41, 5.74) is 7.88. The van der Waals surface area contributed by atoms with E-state index in [9.17, 15) is 24.3 Å². The fraction of sp³-hybridized carbons (Fsp3) is 0.429.